The van der Waals surface area contributed by atoms with E-state index in [1.807, 2.05) is 6.92 Å². The van der Waals surface area contributed by atoms with Crippen molar-refractivity contribution >= 4 is 11.8 Å². The van der Waals surface area contributed by atoms with Gasteiger partial charge in [0.2, 0.25) is 5.82 Å². The molecule has 94 valence electrons. The number of aromatic nitrogens is 4. The zero-order valence-corrected chi connectivity index (χ0v) is 10.0. The van der Waals surface area contributed by atoms with E-state index in [4.69, 9.17) is 0 Å². The van der Waals surface area contributed by atoms with Gasteiger partial charge in [-0.2, -0.15) is 0 Å². The van der Waals surface area contributed by atoms with Crippen LogP contribution in [0, 0.1) is 0 Å². The second-order valence-electron chi connectivity index (χ2n) is 3.60. The summed E-state index contributed by atoms with van der Waals surface area (Å²) in [5, 5.41) is 3.11. The molecule has 7 heteroatoms. The Morgan fingerprint density at radius 2 is 2.28 bits per heavy atom. The van der Waals surface area contributed by atoms with Crippen molar-refractivity contribution in [3.05, 3.63) is 36.3 Å². The number of methoxy groups -OCH3 is 1. The first-order chi connectivity index (χ1) is 8.70. The summed E-state index contributed by atoms with van der Waals surface area (Å²) in [6.45, 7) is 1.93. The number of esters is 1. The molecule has 0 bridgehead atoms. The molecule has 0 aliphatic carbocycles. The van der Waals surface area contributed by atoms with Crippen LogP contribution in [0.5, 0.6) is 0 Å². The fourth-order valence-electron chi connectivity index (χ4n) is 1.43. The van der Waals surface area contributed by atoms with E-state index in [-0.39, 0.29) is 11.9 Å². The lowest BCUT2D eigenvalue weighted by Crippen LogP contribution is -2.13. The molecule has 2 aromatic rings. The molecular weight excluding hydrogens is 234 g/mol. The standard InChI is InChI=1S/C11H13N5O2/c1-7(9-13-5-6-14-9)15-8-3-4-12-10(16-8)11(17)18-2/h3-7H,1-2H3,(H,13,14)(H,12,15,16). The van der Waals surface area contributed by atoms with Crippen LogP contribution in [0.15, 0.2) is 24.7 Å². The number of rotatable bonds is 4. The van der Waals surface area contributed by atoms with Gasteiger partial charge in [-0.05, 0) is 13.0 Å². The van der Waals surface area contributed by atoms with Gasteiger partial charge >= 0.3 is 5.97 Å². The summed E-state index contributed by atoms with van der Waals surface area (Å²) in [5.74, 6) is 0.779. The smallest absolute Gasteiger partial charge is 0.376 e. The summed E-state index contributed by atoms with van der Waals surface area (Å²) in [5.41, 5.74) is 0. The third kappa shape index (κ3) is 2.62. The average molecular weight is 247 g/mol. The molecule has 0 fully saturated rings. The predicted octanol–water partition coefficient (Wildman–Crippen LogP) is 1.16. The van der Waals surface area contributed by atoms with Gasteiger partial charge in [-0.3, -0.25) is 0 Å². The topological polar surface area (TPSA) is 92.8 Å². The van der Waals surface area contributed by atoms with Crippen LogP contribution in [0.3, 0.4) is 0 Å². The Balaban J connectivity index is 2.12. The molecule has 0 spiro atoms. The summed E-state index contributed by atoms with van der Waals surface area (Å²) in [7, 11) is 1.29. The van der Waals surface area contributed by atoms with Gasteiger partial charge in [-0.15, -0.1) is 0 Å². The van der Waals surface area contributed by atoms with Gasteiger partial charge in [0.05, 0.1) is 13.2 Å². The monoisotopic (exact) mass is 247 g/mol. The Bertz CT molecular complexity index is 526. The fourth-order valence-corrected chi connectivity index (χ4v) is 1.43. The minimum atomic E-state index is -0.565. The van der Waals surface area contributed by atoms with Gasteiger partial charge in [-0.25, -0.2) is 19.7 Å². The summed E-state index contributed by atoms with van der Waals surface area (Å²) < 4.78 is 4.56. The Morgan fingerprint density at radius 3 is 2.94 bits per heavy atom. The van der Waals surface area contributed by atoms with Crippen LogP contribution < -0.4 is 5.32 Å². The highest BCUT2D eigenvalue weighted by Crippen LogP contribution is 2.13. The van der Waals surface area contributed by atoms with Crippen LogP contribution in [0.1, 0.15) is 29.4 Å². The minimum absolute atomic E-state index is 0.0224. The van der Waals surface area contributed by atoms with Crippen molar-refractivity contribution < 1.29 is 9.53 Å². The molecule has 0 radical (unpaired) electrons. The SMILES string of the molecule is COC(=O)c1nccc(NC(C)c2ncc[nH]2)n1. The van der Waals surface area contributed by atoms with Gasteiger partial charge in [0.25, 0.3) is 0 Å². The van der Waals surface area contributed by atoms with Gasteiger partial charge < -0.3 is 15.0 Å². The van der Waals surface area contributed by atoms with Crippen molar-refractivity contribution in [1.29, 1.82) is 0 Å². The highest BCUT2D eigenvalue weighted by atomic mass is 16.5. The number of anilines is 1. The molecule has 2 aromatic heterocycles. The number of nitrogens with one attached hydrogen (secondary N) is 2. The van der Waals surface area contributed by atoms with Crippen LogP contribution in [0.2, 0.25) is 0 Å². The van der Waals surface area contributed by atoms with Crippen LogP contribution in [-0.4, -0.2) is 33.0 Å². The summed E-state index contributed by atoms with van der Waals surface area (Å²) >= 11 is 0. The van der Waals surface area contributed by atoms with Crippen molar-refractivity contribution in [2.45, 2.75) is 13.0 Å². The normalized spacial score (nSPS) is 11.9. The molecule has 2 heterocycles. The molecular formula is C11H13N5O2. The average Bonchev–Trinajstić information content (AvgIpc) is 2.92. The Hall–Kier alpha value is -2.44. The molecule has 18 heavy (non-hydrogen) atoms. The van der Waals surface area contributed by atoms with Gasteiger partial charge in [0.15, 0.2) is 0 Å². The van der Waals surface area contributed by atoms with Crippen molar-refractivity contribution in [2.75, 3.05) is 12.4 Å². The van der Waals surface area contributed by atoms with E-state index in [1.165, 1.54) is 13.3 Å². The van der Waals surface area contributed by atoms with Crippen molar-refractivity contribution in [3.63, 3.8) is 0 Å². The number of carbonyl (C=O) groups excluding carboxylic acids is 1. The molecule has 0 saturated heterocycles. The first-order valence-electron chi connectivity index (χ1n) is 5.38. The van der Waals surface area contributed by atoms with E-state index >= 15 is 0 Å². The van der Waals surface area contributed by atoms with Crippen molar-refractivity contribution in [3.8, 4) is 0 Å². The lowest BCUT2D eigenvalue weighted by Gasteiger charge is -2.12. The second-order valence-corrected chi connectivity index (χ2v) is 3.60. The number of hydrogen-bond donors (Lipinski definition) is 2. The van der Waals surface area contributed by atoms with Crippen LogP contribution in [-0.2, 0) is 4.74 Å². The first-order valence-corrected chi connectivity index (χ1v) is 5.38. The second kappa shape index (κ2) is 5.26. The lowest BCUT2D eigenvalue weighted by atomic mass is 10.3. The minimum Gasteiger partial charge on any atom is -0.463 e. The summed E-state index contributed by atoms with van der Waals surface area (Å²) in [4.78, 5) is 26.3. The van der Waals surface area contributed by atoms with Gasteiger partial charge in [0.1, 0.15) is 11.6 Å². The number of nitrogens with zero attached hydrogens (tertiary/aromatic N) is 3. The van der Waals surface area contributed by atoms with E-state index in [1.54, 1.807) is 18.5 Å². The van der Waals surface area contributed by atoms with E-state index in [0.717, 1.165) is 5.82 Å². The molecule has 2 N–H and O–H groups in total. The molecule has 7 nitrogen and oxygen atoms in total. The molecule has 0 saturated carbocycles. The van der Waals surface area contributed by atoms with Crippen LogP contribution >= 0.6 is 0 Å². The number of H-pyrrole nitrogens is 1. The van der Waals surface area contributed by atoms with E-state index in [2.05, 4.69) is 30.0 Å². The Kier molecular flexibility index (Phi) is 3.52. The molecule has 1 atom stereocenters. The zero-order chi connectivity index (χ0) is 13.0. The summed E-state index contributed by atoms with van der Waals surface area (Å²) in [6, 6.07) is 1.62. The van der Waals surface area contributed by atoms with E-state index in [9.17, 15) is 4.79 Å². The number of ether oxygens (including phenoxy) is 1. The lowest BCUT2D eigenvalue weighted by molar-refractivity contribution is 0.0587. The van der Waals surface area contributed by atoms with Crippen molar-refractivity contribution in [2.24, 2.45) is 0 Å². The first kappa shape index (κ1) is 12.0. The maximum Gasteiger partial charge on any atom is 0.376 e. The van der Waals surface area contributed by atoms with Crippen molar-refractivity contribution in [1.82, 2.24) is 19.9 Å². The number of imidazole rings is 1. The highest BCUT2D eigenvalue weighted by Gasteiger charge is 2.12. The van der Waals surface area contributed by atoms with Gasteiger partial charge in [0, 0.05) is 18.6 Å². The van der Waals surface area contributed by atoms with E-state index in [0.29, 0.717) is 5.82 Å². The summed E-state index contributed by atoms with van der Waals surface area (Å²) in [6.07, 6.45) is 4.91. The number of hydrogen-bond acceptors (Lipinski definition) is 6. The van der Waals surface area contributed by atoms with Crippen LogP contribution in [0.4, 0.5) is 5.82 Å². The maximum absolute atomic E-state index is 11.3. The molecule has 1 unspecified atom stereocenters. The molecule has 0 amide bonds. The third-order valence-corrected chi connectivity index (χ3v) is 2.32. The number of aromatic amines is 1. The highest BCUT2D eigenvalue weighted by molar-refractivity contribution is 5.85. The Labute approximate surface area is 104 Å². The fraction of sp³-hybridized carbons (Fsp3) is 0.273. The molecule has 0 aromatic carbocycles. The molecule has 0 aliphatic heterocycles. The van der Waals surface area contributed by atoms with Gasteiger partial charge in [-0.1, -0.05) is 0 Å². The molecule has 0 aliphatic rings. The predicted molar refractivity (Wildman–Crippen MR) is 64.0 cm³/mol. The number of carbonyl (C=O) groups is 1. The largest absolute Gasteiger partial charge is 0.463 e. The molecule has 2 rings (SSSR count). The quantitative estimate of drug-likeness (QED) is 0.787. The van der Waals surface area contributed by atoms with Crippen LogP contribution in [0.25, 0.3) is 0 Å². The van der Waals surface area contributed by atoms with E-state index < -0.39 is 5.97 Å². The zero-order valence-electron chi connectivity index (χ0n) is 10.0. The Morgan fingerprint density at radius 1 is 1.44 bits per heavy atom. The third-order valence-electron chi connectivity index (χ3n) is 2.32. The maximum atomic E-state index is 11.3.